The molecule has 0 aliphatic carbocycles. The van der Waals surface area contributed by atoms with Gasteiger partial charge in [0.25, 0.3) is 0 Å². The van der Waals surface area contributed by atoms with Crippen LogP contribution in [0.2, 0.25) is 0 Å². The van der Waals surface area contributed by atoms with Crippen LogP contribution in [0.3, 0.4) is 0 Å². The topological polar surface area (TPSA) is 12.5 Å². The van der Waals surface area contributed by atoms with Crippen LogP contribution in [0.1, 0.15) is 18.4 Å². The largest absolute Gasteiger partial charge is 0.361 e. The van der Waals surface area contributed by atoms with E-state index in [2.05, 4.69) is 29.2 Å². The molecule has 2 nitrogen and oxygen atoms in total. The zero-order valence-electron chi connectivity index (χ0n) is 9.64. The fraction of sp³-hybridized carbons (Fsp3) is 0.429. The van der Waals surface area contributed by atoms with Gasteiger partial charge in [-0.2, -0.15) is 0 Å². The van der Waals surface area contributed by atoms with E-state index in [1.807, 2.05) is 18.2 Å². The monoisotopic (exact) mass is 217 g/mol. The van der Waals surface area contributed by atoms with E-state index in [4.69, 9.17) is 4.74 Å². The second-order valence-corrected chi connectivity index (χ2v) is 4.15. The lowest BCUT2D eigenvalue weighted by molar-refractivity contribution is 0.0251. The van der Waals surface area contributed by atoms with Gasteiger partial charge in [-0.25, -0.2) is 0 Å². The highest BCUT2D eigenvalue weighted by Gasteiger charge is 2.04. The minimum atomic E-state index is 0.709. The molecule has 86 valence electrons. The first-order valence-corrected chi connectivity index (χ1v) is 5.94. The second kappa shape index (κ2) is 6.46. The highest BCUT2D eigenvalue weighted by atomic mass is 16.5. The summed E-state index contributed by atoms with van der Waals surface area (Å²) in [6.45, 7) is 3.61. The molecule has 0 radical (unpaired) electrons. The maximum absolute atomic E-state index is 5.71. The van der Waals surface area contributed by atoms with E-state index in [0.29, 0.717) is 6.61 Å². The fourth-order valence-corrected chi connectivity index (χ4v) is 1.85. The molecule has 0 amide bonds. The van der Waals surface area contributed by atoms with E-state index in [9.17, 15) is 0 Å². The van der Waals surface area contributed by atoms with Crippen LogP contribution < -0.4 is 0 Å². The summed E-state index contributed by atoms with van der Waals surface area (Å²) in [5.74, 6) is 0. The lowest BCUT2D eigenvalue weighted by Crippen LogP contribution is -2.26. The average molecular weight is 217 g/mol. The van der Waals surface area contributed by atoms with Crippen molar-refractivity contribution in [2.45, 2.75) is 19.4 Å². The summed E-state index contributed by atoms with van der Waals surface area (Å²) in [4.78, 5) is 2.34. The number of hydrogen-bond donors (Lipinski definition) is 0. The molecule has 0 spiro atoms. The summed E-state index contributed by atoms with van der Waals surface area (Å²) in [5.41, 5.74) is 1.24. The Labute approximate surface area is 97.5 Å². The molecule has 0 atom stereocenters. The Morgan fingerprint density at radius 2 is 2.00 bits per heavy atom. The normalized spacial score (nSPS) is 17.2. The SMILES string of the molecule is C1=CCN(COCc2ccccc2)CCC1. The molecule has 2 heteroatoms. The summed E-state index contributed by atoms with van der Waals surface area (Å²) in [7, 11) is 0. The second-order valence-electron chi connectivity index (χ2n) is 4.15. The molecule has 0 saturated heterocycles. The van der Waals surface area contributed by atoms with Crippen molar-refractivity contribution in [2.24, 2.45) is 0 Å². The number of benzene rings is 1. The first-order valence-electron chi connectivity index (χ1n) is 5.94. The predicted octanol–water partition coefficient (Wildman–Crippen LogP) is 2.81. The Kier molecular flexibility index (Phi) is 4.59. The van der Waals surface area contributed by atoms with Gasteiger partial charge in [0.1, 0.15) is 0 Å². The molecule has 16 heavy (non-hydrogen) atoms. The third kappa shape index (κ3) is 3.80. The summed E-state index contributed by atoms with van der Waals surface area (Å²) in [6, 6.07) is 10.3. The molecule has 2 rings (SSSR count). The van der Waals surface area contributed by atoms with Crippen molar-refractivity contribution in [3.8, 4) is 0 Å². The van der Waals surface area contributed by atoms with Gasteiger partial charge in [-0.15, -0.1) is 0 Å². The Hall–Kier alpha value is -1.12. The number of ether oxygens (including phenoxy) is 1. The van der Waals surface area contributed by atoms with Crippen LogP contribution in [0.4, 0.5) is 0 Å². The molecular weight excluding hydrogens is 198 g/mol. The third-order valence-corrected chi connectivity index (χ3v) is 2.76. The van der Waals surface area contributed by atoms with Crippen molar-refractivity contribution in [3.05, 3.63) is 48.0 Å². The van der Waals surface area contributed by atoms with Gasteiger partial charge in [0, 0.05) is 13.1 Å². The maximum Gasteiger partial charge on any atom is 0.0997 e. The smallest absolute Gasteiger partial charge is 0.0997 e. The highest BCUT2D eigenvalue weighted by molar-refractivity contribution is 5.13. The van der Waals surface area contributed by atoms with Gasteiger partial charge in [-0.1, -0.05) is 42.5 Å². The van der Waals surface area contributed by atoms with Gasteiger partial charge in [-0.3, -0.25) is 4.90 Å². The van der Waals surface area contributed by atoms with Gasteiger partial charge < -0.3 is 4.74 Å². The van der Waals surface area contributed by atoms with E-state index in [-0.39, 0.29) is 0 Å². The molecule has 0 bridgehead atoms. The van der Waals surface area contributed by atoms with E-state index in [1.54, 1.807) is 0 Å². The van der Waals surface area contributed by atoms with E-state index in [1.165, 1.54) is 18.4 Å². The molecule has 1 aromatic carbocycles. The van der Waals surface area contributed by atoms with Gasteiger partial charge in [0.05, 0.1) is 13.3 Å². The van der Waals surface area contributed by atoms with E-state index < -0.39 is 0 Å². The minimum Gasteiger partial charge on any atom is -0.361 e. The predicted molar refractivity (Wildman–Crippen MR) is 66.0 cm³/mol. The van der Waals surface area contributed by atoms with Gasteiger partial charge in [0.2, 0.25) is 0 Å². The summed E-state index contributed by atoms with van der Waals surface area (Å²) < 4.78 is 5.71. The average Bonchev–Trinajstić information content (AvgIpc) is 2.59. The van der Waals surface area contributed by atoms with Crippen molar-refractivity contribution in [1.82, 2.24) is 4.90 Å². The third-order valence-electron chi connectivity index (χ3n) is 2.76. The molecule has 0 fully saturated rings. The summed E-state index contributed by atoms with van der Waals surface area (Å²) in [5, 5.41) is 0. The molecule has 1 aliphatic heterocycles. The van der Waals surface area contributed by atoms with Crippen molar-refractivity contribution >= 4 is 0 Å². The lowest BCUT2D eigenvalue weighted by atomic mass is 10.2. The van der Waals surface area contributed by atoms with E-state index in [0.717, 1.165) is 19.8 Å². The van der Waals surface area contributed by atoms with Crippen molar-refractivity contribution in [2.75, 3.05) is 19.8 Å². The summed E-state index contributed by atoms with van der Waals surface area (Å²) >= 11 is 0. The molecular formula is C14H19NO. The van der Waals surface area contributed by atoms with Gasteiger partial charge in [0.15, 0.2) is 0 Å². The van der Waals surface area contributed by atoms with Crippen LogP contribution >= 0.6 is 0 Å². The fourth-order valence-electron chi connectivity index (χ4n) is 1.85. The number of allylic oxidation sites excluding steroid dienone is 1. The minimum absolute atomic E-state index is 0.709. The van der Waals surface area contributed by atoms with Crippen LogP contribution in [0, 0.1) is 0 Å². The summed E-state index contributed by atoms with van der Waals surface area (Å²) in [6.07, 6.45) is 6.94. The van der Waals surface area contributed by atoms with Gasteiger partial charge >= 0.3 is 0 Å². The molecule has 0 aromatic heterocycles. The van der Waals surface area contributed by atoms with E-state index >= 15 is 0 Å². The molecule has 0 unspecified atom stereocenters. The molecule has 1 aliphatic rings. The first-order chi connectivity index (χ1) is 7.95. The first kappa shape index (κ1) is 11.4. The lowest BCUT2D eigenvalue weighted by Gasteiger charge is -2.18. The van der Waals surface area contributed by atoms with Crippen molar-refractivity contribution in [3.63, 3.8) is 0 Å². The molecule has 0 N–H and O–H groups in total. The number of nitrogens with zero attached hydrogens (tertiary/aromatic N) is 1. The molecule has 0 saturated carbocycles. The number of hydrogen-bond acceptors (Lipinski definition) is 2. The standard InChI is InChI=1S/C14H19NO/c1-2-7-11-15(10-6-1)13-16-12-14-8-4-3-5-9-14/h1,3-6,8-9H,2,7,10-13H2. The molecule has 1 heterocycles. The van der Waals surface area contributed by atoms with Crippen LogP contribution in [0.15, 0.2) is 42.5 Å². The molecule has 1 aromatic rings. The van der Waals surface area contributed by atoms with Crippen molar-refractivity contribution in [1.29, 1.82) is 0 Å². The van der Waals surface area contributed by atoms with Crippen LogP contribution in [-0.4, -0.2) is 24.7 Å². The highest BCUT2D eigenvalue weighted by Crippen LogP contribution is 2.05. The Balaban J connectivity index is 1.69. The van der Waals surface area contributed by atoms with Crippen LogP contribution in [-0.2, 0) is 11.3 Å². The Bertz CT molecular complexity index is 321. The van der Waals surface area contributed by atoms with Gasteiger partial charge in [-0.05, 0) is 18.4 Å². The Morgan fingerprint density at radius 3 is 2.88 bits per heavy atom. The maximum atomic E-state index is 5.71. The number of rotatable bonds is 4. The van der Waals surface area contributed by atoms with Crippen LogP contribution in [0.25, 0.3) is 0 Å². The van der Waals surface area contributed by atoms with Crippen LogP contribution in [0.5, 0.6) is 0 Å². The zero-order chi connectivity index (χ0) is 11.1. The Morgan fingerprint density at radius 1 is 1.12 bits per heavy atom. The zero-order valence-corrected chi connectivity index (χ0v) is 9.64. The quantitative estimate of drug-likeness (QED) is 0.719. The van der Waals surface area contributed by atoms with Crippen molar-refractivity contribution < 1.29 is 4.74 Å².